The monoisotopic (exact) mass is 413 g/mol. The average Bonchev–Trinajstić information content (AvgIpc) is 3.13. The highest BCUT2D eigenvalue weighted by Crippen LogP contribution is 2.55. The zero-order chi connectivity index (χ0) is 20.4. The lowest BCUT2D eigenvalue weighted by atomic mass is 9.85. The van der Waals surface area contributed by atoms with E-state index in [2.05, 4.69) is 4.98 Å². The Morgan fingerprint density at radius 3 is 2.33 bits per heavy atom. The largest absolute Gasteiger partial charge is 0.404 e. The van der Waals surface area contributed by atoms with E-state index < -0.39 is 48.7 Å². The lowest BCUT2D eigenvalue weighted by Gasteiger charge is -2.33. The number of amides is 1. The summed E-state index contributed by atoms with van der Waals surface area (Å²) in [6.45, 7) is -0.763. The van der Waals surface area contributed by atoms with Crippen molar-refractivity contribution in [2.75, 3.05) is 13.1 Å². The normalized spacial score (nSPS) is 17.7. The number of thiophene rings is 1. The molecule has 1 saturated heterocycles. The third-order valence-electron chi connectivity index (χ3n) is 4.85. The molecular formula is C15H13F6N3O2S. The van der Waals surface area contributed by atoms with Gasteiger partial charge in [-0.25, -0.2) is 4.98 Å². The van der Waals surface area contributed by atoms with E-state index in [0.29, 0.717) is 4.90 Å². The first kappa shape index (κ1) is 19.6. The number of likely N-dealkylation sites (tertiary alicyclic amines) is 1. The Kier molecular flexibility index (Phi) is 4.32. The number of hydrogen-bond donors (Lipinski definition) is 0. The summed E-state index contributed by atoms with van der Waals surface area (Å²) in [5.41, 5.74) is -4.20. The fraction of sp³-hybridized carbons (Fsp3) is 0.533. The number of halogens is 6. The Morgan fingerprint density at radius 1 is 1.22 bits per heavy atom. The number of carbonyl (C=O) groups excluding carboxylic acids is 1. The molecule has 1 fully saturated rings. The van der Waals surface area contributed by atoms with E-state index in [9.17, 15) is 35.9 Å². The first-order chi connectivity index (χ1) is 12.3. The average molecular weight is 413 g/mol. The van der Waals surface area contributed by atoms with Gasteiger partial charge in [0.25, 0.3) is 11.5 Å². The maximum absolute atomic E-state index is 13.2. The molecule has 0 N–H and O–H groups in total. The quantitative estimate of drug-likeness (QED) is 0.675. The van der Waals surface area contributed by atoms with Gasteiger partial charge in [-0.2, -0.15) is 26.3 Å². The predicted octanol–water partition coefficient (Wildman–Crippen LogP) is 3.26. The second kappa shape index (κ2) is 5.94. The van der Waals surface area contributed by atoms with Gasteiger partial charge in [0.15, 0.2) is 5.41 Å². The Morgan fingerprint density at radius 2 is 1.81 bits per heavy atom. The summed E-state index contributed by atoms with van der Waals surface area (Å²) in [5.74, 6) is -0.965. The van der Waals surface area contributed by atoms with E-state index in [0.717, 1.165) is 11.3 Å². The molecule has 1 aliphatic heterocycles. The third-order valence-corrected chi connectivity index (χ3v) is 6.03. The van der Waals surface area contributed by atoms with E-state index in [1.165, 1.54) is 24.9 Å². The van der Waals surface area contributed by atoms with Crippen LogP contribution in [0.15, 0.2) is 11.1 Å². The molecule has 0 saturated carbocycles. The van der Waals surface area contributed by atoms with E-state index >= 15 is 0 Å². The van der Waals surface area contributed by atoms with Crippen LogP contribution < -0.4 is 5.56 Å². The van der Waals surface area contributed by atoms with Gasteiger partial charge in [-0.05, 0) is 18.9 Å². The van der Waals surface area contributed by atoms with Crippen molar-refractivity contribution in [3.8, 4) is 0 Å². The number of carbonyl (C=O) groups is 1. The lowest BCUT2D eigenvalue weighted by molar-refractivity contribution is -0.334. The van der Waals surface area contributed by atoms with E-state index in [4.69, 9.17) is 0 Å². The van der Waals surface area contributed by atoms with Gasteiger partial charge in [0.1, 0.15) is 4.83 Å². The second-order valence-electron chi connectivity index (χ2n) is 6.45. The van der Waals surface area contributed by atoms with Crippen LogP contribution in [0.2, 0.25) is 0 Å². The molecule has 0 atom stereocenters. The minimum absolute atomic E-state index is 0.0825. The molecule has 2 aromatic rings. The number of aromatic nitrogens is 2. The SMILES string of the molecule is Cc1c(C(=O)N2CCC(C(F)(F)F)(C(F)(F)F)C2)sc2ncn(C)c(=O)c12. The molecule has 148 valence electrons. The fourth-order valence-corrected chi connectivity index (χ4v) is 4.27. The molecule has 0 aliphatic carbocycles. The first-order valence-electron chi connectivity index (χ1n) is 7.67. The Labute approximate surface area is 152 Å². The fourth-order valence-electron chi connectivity index (χ4n) is 3.16. The van der Waals surface area contributed by atoms with Crippen LogP contribution in [0, 0.1) is 12.3 Å². The molecule has 3 rings (SSSR count). The van der Waals surface area contributed by atoms with Crippen LogP contribution in [0.25, 0.3) is 10.2 Å². The highest BCUT2D eigenvalue weighted by atomic mass is 32.1. The molecule has 0 aromatic carbocycles. The summed E-state index contributed by atoms with van der Waals surface area (Å²) in [5, 5.41) is 0.130. The van der Waals surface area contributed by atoms with Crippen LogP contribution in [-0.4, -0.2) is 45.8 Å². The first-order valence-corrected chi connectivity index (χ1v) is 8.49. The molecular weight excluding hydrogens is 400 g/mol. The van der Waals surface area contributed by atoms with Crippen molar-refractivity contribution in [1.82, 2.24) is 14.5 Å². The number of rotatable bonds is 1. The molecule has 3 heterocycles. The predicted molar refractivity (Wildman–Crippen MR) is 84.7 cm³/mol. The second-order valence-corrected chi connectivity index (χ2v) is 7.45. The molecule has 5 nitrogen and oxygen atoms in total. The molecule has 2 aromatic heterocycles. The van der Waals surface area contributed by atoms with Crippen molar-refractivity contribution >= 4 is 27.5 Å². The minimum atomic E-state index is -5.53. The number of aryl methyl sites for hydroxylation is 2. The zero-order valence-electron chi connectivity index (χ0n) is 14.0. The molecule has 0 unspecified atom stereocenters. The standard InChI is InChI=1S/C15H13F6N3O2S/c1-7-8-10(22-6-23(2)11(8)25)27-9(7)12(26)24-4-3-13(5-24,14(16,17)18)15(19,20)21/h6H,3-5H2,1-2H3. The van der Waals surface area contributed by atoms with Crippen LogP contribution in [0.5, 0.6) is 0 Å². The van der Waals surface area contributed by atoms with Crippen molar-refractivity contribution < 1.29 is 31.1 Å². The number of hydrogen-bond acceptors (Lipinski definition) is 4. The van der Waals surface area contributed by atoms with Crippen molar-refractivity contribution in [1.29, 1.82) is 0 Å². The van der Waals surface area contributed by atoms with Gasteiger partial charge in [0.2, 0.25) is 0 Å². The number of alkyl halides is 6. The molecule has 12 heteroatoms. The van der Waals surface area contributed by atoms with Crippen LogP contribution >= 0.6 is 11.3 Å². The molecule has 0 bridgehead atoms. The van der Waals surface area contributed by atoms with E-state index in [1.54, 1.807) is 0 Å². The summed E-state index contributed by atoms with van der Waals surface area (Å²) < 4.78 is 80.3. The summed E-state index contributed by atoms with van der Waals surface area (Å²) in [7, 11) is 1.44. The maximum Gasteiger partial charge on any atom is 0.404 e. The minimum Gasteiger partial charge on any atom is -0.337 e. The van der Waals surface area contributed by atoms with Crippen LogP contribution in [-0.2, 0) is 7.05 Å². The molecule has 0 radical (unpaired) electrons. The lowest BCUT2D eigenvalue weighted by Crippen LogP contribution is -2.52. The van der Waals surface area contributed by atoms with Gasteiger partial charge in [-0.3, -0.25) is 9.59 Å². The molecule has 0 spiro atoms. The van der Waals surface area contributed by atoms with Gasteiger partial charge in [0, 0.05) is 20.1 Å². The van der Waals surface area contributed by atoms with E-state index in [-0.39, 0.29) is 20.7 Å². The van der Waals surface area contributed by atoms with Crippen LogP contribution in [0.1, 0.15) is 21.7 Å². The highest BCUT2D eigenvalue weighted by Gasteiger charge is 2.72. The van der Waals surface area contributed by atoms with Crippen molar-refractivity contribution in [3.05, 3.63) is 27.1 Å². The molecule has 1 amide bonds. The molecule has 1 aliphatic rings. The van der Waals surface area contributed by atoms with Gasteiger partial charge >= 0.3 is 12.4 Å². The summed E-state index contributed by atoms with van der Waals surface area (Å²) in [6.07, 6.45) is -11.1. The summed E-state index contributed by atoms with van der Waals surface area (Å²) in [4.78, 5) is 29.5. The Bertz CT molecular complexity index is 961. The van der Waals surface area contributed by atoms with Crippen molar-refractivity contribution in [2.24, 2.45) is 12.5 Å². The van der Waals surface area contributed by atoms with Crippen molar-refractivity contribution in [2.45, 2.75) is 25.7 Å². The van der Waals surface area contributed by atoms with Crippen LogP contribution in [0.3, 0.4) is 0 Å². The Hall–Kier alpha value is -2.11. The zero-order valence-corrected chi connectivity index (χ0v) is 14.8. The van der Waals surface area contributed by atoms with Gasteiger partial charge in [-0.15, -0.1) is 11.3 Å². The number of fused-ring (bicyclic) bond motifs is 1. The third kappa shape index (κ3) is 2.80. The smallest absolute Gasteiger partial charge is 0.337 e. The topological polar surface area (TPSA) is 55.2 Å². The van der Waals surface area contributed by atoms with Gasteiger partial charge in [-0.1, -0.05) is 0 Å². The summed E-state index contributed by atoms with van der Waals surface area (Å²) in [6, 6.07) is 0. The maximum atomic E-state index is 13.2. The Balaban J connectivity index is 2.01. The van der Waals surface area contributed by atoms with Gasteiger partial charge in [0.05, 0.1) is 16.6 Å². The molecule has 27 heavy (non-hydrogen) atoms. The van der Waals surface area contributed by atoms with Crippen molar-refractivity contribution in [3.63, 3.8) is 0 Å². The number of nitrogens with zero attached hydrogens (tertiary/aromatic N) is 3. The summed E-state index contributed by atoms with van der Waals surface area (Å²) >= 11 is 0.779. The van der Waals surface area contributed by atoms with E-state index in [1.807, 2.05) is 0 Å². The van der Waals surface area contributed by atoms with Gasteiger partial charge < -0.3 is 9.47 Å². The van der Waals surface area contributed by atoms with Crippen LogP contribution in [0.4, 0.5) is 26.3 Å². The highest BCUT2D eigenvalue weighted by molar-refractivity contribution is 7.20.